The molecule has 1 aliphatic carbocycles. The number of halogens is 3. The summed E-state index contributed by atoms with van der Waals surface area (Å²) in [4.78, 5) is 42.4. The van der Waals surface area contributed by atoms with Crippen LogP contribution in [0.2, 0.25) is 10.0 Å². The van der Waals surface area contributed by atoms with Gasteiger partial charge in [-0.15, -0.1) is 0 Å². The van der Waals surface area contributed by atoms with Crippen LogP contribution in [0.4, 0.5) is 5.69 Å². The van der Waals surface area contributed by atoms with Gasteiger partial charge in [-0.3, -0.25) is 14.6 Å². The number of hydrogen-bond donors (Lipinski definition) is 2. The van der Waals surface area contributed by atoms with Crippen molar-refractivity contribution in [3.63, 3.8) is 0 Å². The average molecular weight is 614 g/mol. The number of hydrogen-bond acceptors (Lipinski definition) is 7. The minimum Gasteiger partial charge on any atom is -0.464 e. The van der Waals surface area contributed by atoms with E-state index in [1.807, 2.05) is 11.8 Å². The van der Waals surface area contributed by atoms with Gasteiger partial charge in [0.2, 0.25) is 5.91 Å². The largest absolute Gasteiger partial charge is 0.464 e. The van der Waals surface area contributed by atoms with E-state index in [4.69, 9.17) is 39.7 Å². The standard InChI is InChI=1S/C27H31Cl3N4O4S/c1-2-38-27(37)22(33-25(35)23-12-19(15-34(23)30)39-18-5-3-4-6-18)11-16-7-9-17(10-8-16)32-26(36)24-20(28)13-31-14-21(24)29/h7-10,13-14,18-19,22-23H,2-6,11-12,15H2,1H3,(H,32,36)(H,33,35)/t19?,22?,23-/m0/s1. The molecule has 1 aromatic heterocycles. The van der Waals surface area contributed by atoms with Gasteiger partial charge in [0.15, 0.2) is 0 Å². The predicted octanol–water partition coefficient (Wildman–Crippen LogP) is 5.50. The molecule has 4 rings (SSSR count). The second-order valence-corrected chi connectivity index (χ2v) is 12.5. The van der Waals surface area contributed by atoms with Crippen molar-refractivity contribution in [2.24, 2.45) is 0 Å². The van der Waals surface area contributed by atoms with Gasteiger partial charge in [0.1, 0.15) is 12.1 Å². The van der Waals surface area contributed by atoms with Gasteiger partial charge >= 0.3 is 5.97 Å². The maximum atomic E-state index is 13.2. The molecule has 2 fully saturated rings. The molecule has 0 radical (unpaired) electrons. The molecular weight excluding hydrogens is 583 g/mol. The van der Waals surface area contributed by atoms with Gasteiger partial charge in [-0.05, 0) is 55.7 Å². The van der Waals surface area contributed by atoms with Crippen molar-refractivity contribution >= 4 is 70.2 Å². The first kappa shape index (κ1) is 29.9. The van der Waals surface area contributed by atoms with E-state index in [2.05, 4.69) is 15.6 Å². The number of ether oxygens (including phenoxy) is 1. The Morgan fingerprint density at radius 3 is 2.41 bits per heavy atom. The van der Waals surface area contributed by atoms with E-state index >= 15 is 0 Å². The van der Waals surface area contributed by atoms with Gasteiger partial charge in [-0.25, -0.2) is 9.21 Å². The highest BCUT2D eigenvalue weighted by Gasteiger charge is 2.39. The van der Waals surface area contributed by atoms with Crippen LogP contribution in [0.5, 0.6) is 0 Å². The van der Waals surface area contributed by atoms with Crippen LogP contribution in [0.1, 0.15) is 54.9 Å². The first-order chi connectivity index (χ1) is 18.7. The summed E-state index contributed by atoms with van der Waals surface area (Å²) >= 11 is 20.5. The van der Waals surface area contributed by atoms with Crippen molar-refractivity contribution < 1.29 is 19.1 Å². The number of esters is 1. The topological polar surface area (TPSA) is 101 Å². The minimum absolute atomic E-state index is 0.131. The van der Waals surface area contributed by atoms with Crippen LogP contribution >= 0.6 is 46.7 Å². The number of carbonyl (C=O) groups is 3. The highest BCUT2D eigenvalue weighted by atomic mass is 35.5. The van der Waals surface area contributed by atoms with E-state index in [0.29, 0.717) is 29.2 Å². The van der Waals surface area contributed by atoms with E-state index in [0.717, 1.165) is 5.56 Å². The number of amides is 2. The summed E-state index contributed by atoms with van der Waals surface area (Å²) in [6.45, 7) is 2.55. The zero-order valence-electron chi connectivity index (χ0n) is 21.5. The van der Waals surface area contributed by atoms with Gasteiger partial charge < -0.3 is 15.4 Å². The lowest BCUT2D eigenvalue weighted by Gasteiger charge is -2.22. The average Bonchev–Trinajstić information content (AvgIpc) is 3.54. The number of rotatable bonds is 10. The first-order valence-electron chi connectivity index (χ1n) is 13.0. The Balaban J connectivity index is 1.37. The van der Waals surface area contributed by atoms with E-state index in [-0.39, 0.29) is 34.5 Å². The first-order valence-corrected chi connectivity index (χ1v) is 15.0. The number of carbonyl (C=O) groups excluding carboxylic acids is 3. The normalized spacial score (nSPS) is 20.5. The Labute approximate surface area is 247 Å². The van der Waals surface area contributed by atoms with E-state index in [9.17, 15) is 14.4 Å². The summed E-state index contributed by atoms with van der Waals surface area (Å²) in [5.41, 5.74) is 1.42. The number of pyridine rings is 1. The third-order valence-corrected chi connectivity index (χ3v) is 9.34. The monoisotopic (exact) mass is 612 g/mol. The Morgan fingerprint density at radius 2 is 1.77 bits per heavy atom. The molecule has 210 valence electrons. The van der Waals surface area contributed by atoms with Crippen LogP contribution in [0.25, 0.3) is 0 Å². The Morgan fingerprint density at radius 1 is 1.10 bits per heavy atom. The molecule has 1 aliphatic heterocycles. The van der Waals surface area contributed by atoms with Crippen molar-refractivity contribution in [1.82, 2.24) is 14.7 Å². The Bertz CT molecular complexity index is 1160. The van der Waals surface area contributed by atoms with Crippen molar-refractivity contribution in [1.29, 1.82) is 0 Å². The molecule has 1 aromatic carbocycles. The lowest BCUT2D eigenvalue weighted by molar-refractivity contribution is -0.147. The summed E-state index contributed by atoms with van der Waals surface area (Å²) < 4.78 is 6.79. The van der Waals surface area contributed by atoms with Crippen LogP contribution in [0, 0.1) is 0 Å². The molecule has 1 saturated heterocycles. The molecule has 2 amide bonds. The van der Waals surface area contributed by atoms with Crippen molar-refractivity contribution in [2.75, 3.05) is 18.5 Å². The third-order valence-electron chi connectivity index (χ3n) is 6.81. The van der Waals surface area contributed by atoms with Crippen molar-refractivity contribution in [2.45, 2.75) is 68.0 Å². The molecule has 2 N–H and O–H groups in total. The Kier molecular flexibility index (Phi) is 10.8. The van der Waals surface area contributed by atoms with Crippen LogP contribution in [-0.2, 0) is 20.7 Å². The lowest BCUT2D eigenvalue weighted by Crippen LogP contribution is -2.49. The van der Waals surface area contributed by atoms with Gasteiger partial charge in [-0.1, -0.05) is 48.2 Å². The molecule has 0 bridgehead atoms. The zero-order chi connectivity index (χ0) is 27.9. The maximum absolute atomic E-state index is 13.2. The number of anilines is 1. The number of thioether (sulfide) groups is 1. The van der Waals surface area contributed by atoms with Crippen LogP contribution in [-0.4, -0.2) is 62.9 Å². The molecule has 2 heterocycles. The van der Waals surface area contributed by atoms with E-state index in [1.165, 1.54) is 38.1 Å². The number of benzene rings is 1. The fourth-order valence-electron chi connectivity index (χ4n) is 4.87. The predicted molar refractivity (Wildman–Crippen MR) is 156 cm³/mol. The quantitative estimate of drug-likeness (QED) is 0.269. The molecule has 1 saturated carbocycles. The number of nitrogens with one attached hydrogen (secondary N) is 2. The van der Waals surface area contributed by atoms with Crippen LogP contribution < -0.4 is 10.6 Å². The SMILES string of the molecule is CCOC(=O)C(Cc1ccc(NC(=O)c2c(Cl)cncc2Cl)cc1)NC(=O)[C@@H]1CC(SC2CCCC2)CN1Cl. The molecule has 39 heavy (non-hydrogen) atoms. The molecule has 2 aromatic rings. The van der Waals surface area contributed by atoms with Gasteiger partial charge in [0.05, 0.1) is 22.2 Å². The number of aromatic nitrogens is 1. The smallest absolute Gasteiger partial charge is 0.328 e. The second-order valence-electron chi connectivity index (χ2n) is 9.64. The third kappa shape index (κ3) is 8.01. The molecule has 8 nitrogen and oxygen atoms in total. The molecular formula is C27H31Cl3N4O4S. The molecule has 2 aliphatic rings. The highest BCUT2D eigenvalue weighted by Crippen LogP contribution is 2.38. The molecule has 12 heteroatoms. The van der Waals surface area contributed by atoms with E-state index < -0.39 is 24.0 Å². The fourth-order valence-corrected chi connectivity index (χ4v) is 7.52. The second kappa shape index (κ2) is 14.0. The number of nitrogens with zero attached hydrogens (tertiary/aromatic N) is 2. The lowest BCUT2D eigenvalue weighted by atomic mass is 10.0. The Hall–Kier alpha value is -2.04. The summed E-state index contributed by atoms with van der Waals surface area (Å²) in [5, 5.41) is 6.83. The highest BCUT2D eigenvalue weighted by molar-refractivity contribution is 8.00. The van der Waals surface area contributed by atoms with Crippen molar-refractivity contribution in [3.05, 3.63) is 57.8 Å². The maximum Gasteiger partial charge on any atom is 0.328 e. The molecule has 0 spiro atoms. The fraction of sp³-hybridized carbons (Fsp3) is 0.481. The summed E-state index contributed by atoms with van der Waals surface area (Å²) in [6.07, 6.45) is 8.53. The van der Waals surface area contributed by atoms with Crippen LogP contribution in [0.3, 0.4) is 0 Å². The summed E-state index contributed by atoms with van der Waals surface area (Å²) in [5.74, 6) is -1.27. The van der Waals surface area contributed by atoms with Gasteiger partial charge in [-0.2, -0.15) is 11.8 Å². The summed E-state index contributed by atoms with van der Waals surface area (Å²) in [7, 11) is 0. The zero-order valence-corrected chi connectivity index (χ0v) is 24.6. The van der Waals surface area contributed by atoms with Gasteiger partial charge in [0.25, 0.3) is 5.91 Å². The summed E-state index contributed by atoms with van der Waals surface area (Å²) in [6, 6.07) is 5.54. The van der Waals surface area contributed by atoms with E-state index in [1.54, 1.807) is 35.6 Å². The minimum atomic E-state index is -0.876. The molecule has 2 unspecified atom stereocenters. The molecule has 3 atom stereocenters. The van der Waals surface area contributed by atoms with Gasteiger partial charge in [0, 0.05) is 41.5 Å². The van der Waals surface area contributed by atoms with Crippen molar-refractivity contribution in [3.8, 4) is 0 Å². The van der Waals surface area contributed by atoms with Crippen LogP contribution in [0.15, 0.2) is 36.7 Å².